The molecule has 0 radical (unpaired) electrons. The molecule has 1 heterocycles. The third-order valence-electron chi connectivity index (χ3n) is 5.70. The number of rotatable bonds is 7. The van der Waals surface area contributed by atoms with Crippen molar-refractivity contribution < 1.29 is 28.2 Å². The highest BCUT2D eigenvalue weighted by molar-refractivity contribution is 6.46. The Kier molecular flexibility index (Phi) is 6.96. The van der Waals surface area contributed by atoms with Crippen LogP contribution in [0.25, 0.3) is 5.76 Å². The zero-order valence-corrected chi connectivity index (χ0v) is 19.4. The minimum absolute atomic E-state index is 0.00561. The second kappa shape index (κ2) is 10.1. The van der Waals surface area contributed by atoms with Crippen LogP contribution < -0.4 is 4.74 Å². The Morgan fingerprint density at radius 1 is 0.914 bits per heavy atom. The van der Waals surface area contributed by atoms with Gasteiger partial charge < -0.3 is 14.7 Å². The van der Waals surface area contributed by atoms with Crippen LogP contribution in [-0.2, 0) is 16.1 Å². The summed E-state index contributed by atoms with van der Waals surface area (Å²) in [6.45, 7) is 4.59. The van der Waals surface area contributed by atoms with Crippen LogP contribution >= 0.6 is 0 Å². The second-order valence-electron chi connectivity index (χ2n) is 8.83. The number of aliphatic hydroxyl groups excluding tert-OH is 1. The summed E-state index contributed by atoms with van der Waals surface area (Å²) < 4.78 is 32.7. The van der Waals surface area contributed by atoms with Gasteiger partial charge in [-0.25, -0.2) is 8.78 Å². The molecule has 0 saturated carbocycles. The molecule has 5 nitrogen and oxygen atoms in total. The van der Waals surface area contributed by atoms with E-state index in [0.29, 0.717) is 35.0 Å². The van der Waals surface area contributed by atoms with Crippen molar-refractivity contribution in [3.05, 3.63) is 107 Å². The van der Waals surface area contributed by atoms with Crippen molar-refractivity contribution in [2.75, 3.05) is 6.61 Å². The molecule has 3 aromatic carbocycles. The first kappa shape index (κ1) is 24.1. The van der Waals surface area contributed by atoms with Gasteiger partial charge in [-0.15, -0.1) is 0 Å². The summed E-state index contributed by atoms with van der Waals surface area (Å²) >= 11 is 0. The average Bonchev–Trinajstić information content (AvgIpc) is 3.09. The molecule has 0 aromatic heterocycles. The van der Waals surface area contributed by atoms with E-state index in [4.69, 9.17) is 4.74 Å². The quantitative estimate of drug-likeness (QED) is 0.272. The monoisotopic (exact) mass is 477 g/mol. The number of nitrogens with zero attached hydrogens (tertiary/aromatic N) is 1. The third-order valence-corrected chi connectivity index (χ3v) is 5.70. The van der Waals surface area contributed by atoms with Crippen molar-refractivity contribution in [3.8, 4) is 5.75 Å². The van der Waals surface area contributed by atoms with Crippen LogP contribution in [0, 0.1) is 17.6 Å². The second-order valence-corrected chi connectivity index (χ2v) is 8.83. The number of hydrogen-bond donors (Lipinski definition) is 1. The highest BCUT2D eigenvalue weighted by atomic mass is 19.1. The van der Waals surface area contributed by atoms with E-state index in [0.717, 1.165) is 0 Å². The van der Waals surface area contributed by atoms with Crippen LogP contribution in [0.4, 0.5) is 8.78 Å². The number of halogens is 2. The maximum atomic E-state index is 13.6. The lowest BCUT2D eigenvalue weighted by atomic mass is 9.95. The van der Waals surface area contributed by atoms with Gasteiger partial charge in [0.2, 0.25) is 0 Å². The van der Waals surface area contributed by atoms with Gasteiger partial charge >= 0.3 is 0 Å². The molecule has 1 unspecified atom stereocenters. The molecule has 0 aliphatic carbocycles. The summed E-state index contributed by atoms with van der Waals surface area (Å²) in [5.74, 6) is -1.93. The number of aliphatic hydroxyl groups is 1. The molecular formula is C28H25F2NO4. The van der Waals surface area contributed by atoms with E-state index in [2.05, 4.69) is 0 Å². The highest BCUT2D eigenvalue weighted by Crippen LogP contribution is 2.40. The lowest BCUT2D eigenvalue weighted by Crippen LogP contribution is -2.29. The molecule has 1 aliphatic heterocycles. The Morgan fingerprint density at radius 3 is 2.06 bits per heavy atom. The van der Waals surface area contributed by atoms with E-state index < -0.39 is 29.4 Å². The Bertz CT molecular complexity index is 1250. The number of likely N-dealkylation sites (tertiary alicyclic amines) is 1. The maximum absolute atomic E-state index is 13.6. The van der Waals surface area contributed by atoms with Crippen LogP contribution in [0.1, 0.15) is 36.6 Å². The average molecular weight is 478 g/mol. The van der Waals surface area contributed by atoms with Crippen LogP contribution in [0.15, 0.2) is 78.4 Å². The van der Waals surface area contributed by atoms with Gasteiger partial charge in [0, 0.05) is 12.1 Å². The standard InChI is InChI=1S/C28H25F2NO4/c1-17(2)16-35-23-13-7-20(8-14-23)26(32)24-25(19-5-11-22(30)12-6-19)31(28(34)27(24)33)15-18-3-9-21(29)10-4-18/h3-14,17,25,32H,15-16H2,1-2H3/b26-24-. The summed E-state index contributed by atoms with van der Waals surface area (Å²) in [6.07, 6.45) is 0. The molecule has 1 N–H and O–H groups in total. The largest absolute Gasteiger partial charge is 0.507 e. The van der Waals surface area contributed by atoms with Gasteiger partial charge in [-0.05, 0) is 65.6 Å². The van der Waals surface area contributed by atoms with E-state index in [9.17, 15) is 23.5 Å². The molecule has 1 saturated heterocycles. The van der Waals surface area contributed by atoms with Crippen molar-refractivity contribution >= 4 is 17.4 Å². The molecule has 0 bridgehead atoms. The fourth-order valence-corrected chi connectivity index (χ4v) is 3.95. The normalized spacial score (nSPS) is 17.3. The van der Waals surface area contributed by atoms with Gasteiger partial charge in [0.15, 0.2) is 0 Å². The Hall–Kier alpha value is -4.00. The minimum Gasteiger partial charge on any atom is -0.507 e. The molecule has 1 fully saturated rings. The van der Waals surface area contributed by atoms with Gasteiger partial charge in [-0.3, -0.25) is 9.59 Å². The van der Waals surface area contributed by atoms with Crippen molar-refractivity contribution in [3.63, 3.8) is 0 Å². The molecular weight excluding hydrogens is 452 g/mol. The number of ether oxygens (including phenoxy) is 1. The number of amides is 1. The minimum atomic E-state index is -0.947. The molecule has 3 aromatic rings. The number of ketones is 1. The van der Waals surface area contributed by atoms with Gasteiger partial charge in [-0.1, -0.05) is 38.1 Å². The molecule has 1 amide bonds. The summed E-state index contributed by atoms with van der Waals surface area (Å²) in [5.41, 5.74) is 1.31. The van der Waals surface area contributed by atoms with Gasteiger partial charge in [0.05, 0.1) is 18.2 Å². The number of carbonyl (C=O) groups is 2. The molecule has 1 aliphatic rings. The lowest BCUT2D eigenvalue weighted by Gasteiger charge is -2.25. The first-order valence-electron chi connectivity index (χ1n) is 11.3. The molecule has 7 heteroatoms. The van der Waals surface area contributed by atoms with E-state index in [1.807, 2.05) is 13.8 Å². The number of Topliss-reactive ketones (excluding diaryl/α,β-unsaturated/α-hetero) is 1. The van der Waals surface area contributed by atoms with Crippen LogP contribution in [0.2, 0.25) is 0 Å². The van der Waals surface area contributed by atoms with E-state index in [1.54, 1.807) is 24.3 Å². The summed E-state index contributed by atoms with van der Waals surface area (Å²) in [4.78, 5) is 27.4. The Morgan fingerprint density at radius 2 is 1.49 bits per heavy atom. The molecule has 180 valence electrons. The molecule has 0 spiro atoms. The first-order chi connectivity index (χ1) is 16.7. The van der Waals surface area contributed by atoms with Crippen molar-refractivity contribution in [2.24, 2.45) is 5.92 Å². The predicted molar refractivity (Wildman–Crippen MR) is 127 cm³/mol. The third kappa shape index (κ3) is 5.24. The SMILES string of the molecule is CC(C)COc1ccc(/C(O)=C2/C(=O)C(=O)N(Cc3ccc(F)cc3)C2c2ccc(F)cc2)cc1. The van der Waals surface area contributed by atoms with Crippen LogP contribution in [-0.4, -0.2) is 28.3 Å². The van der Waals surface area contributed by atoms with Crippen LogP contribution in [0.3, 0.4) is 0 Å². The van der Waals surface area contributed by atoms with Gasteiger partial charge in [0.25, 0.3) is 11.7 Å². The fraction of sp³-hybridized carbons (Fsp3) is 0.214. The highest BCUT2D eigenvalue weighted by Gasteiger charge is 2.46. The van der Waals surface area contributed by atoms with Gasteiger partial charge in [0.1, 0.15) is 23.1 Å². The summed E-state index contributed by atoms with van der Waals surface area (Å²) in [7, 11) is 0. The van der Waals surface area contributed by atoms with Crippen molar-refractivity contribution in [1.82, 2.24) is 4.90 Å². The van der Waals surface area contributed by atoms with Crippen molar-refractivity contribution in [1.29, 1.82) is 0 Å². The topological polar surface area (TPSA) is 66.8 Å². The summed E-state index contributed by atoms with van der Waals surface area (Å²) in [6, 6.07) is 16.6. The smallest absolute Gasteiger partial charge is 0.295 e. The van der Waals surface area contributed by atoms with Crippen LogP contribution in [0.5, 0.6) is 5.75 Å². The fourth-order valence-electron chi connectivity index (χ4n) is 3.95. The zero-order chi connectivity index (χ0) is 25.1. The van der Waals surface area contributed by atoms with E-state index in [-0.39, 0.29) is 17.9 Å². The van der Waals surface area contributed by atoms with E-state index in [1.165, 1.54) is 53.4 Å². The number of carbonyl (C=O) groups excluding carboxylic acids is 2. The number of benzene rings is 3. The summed E-state index contributed by atoms with van der Waals surface area (Å²) in [5, 5.41) is 11.1. The molecule has 4 rings (SSSR count). The van der Waals surface area contributed by atoms with E-state index >= 15 is 0 Å². The first-order valence-corrected chi connectivity index (χ1v) is 11.3. The Labute approximate surface area is 202 Å². The predicted octanol–water partition coefficient (Wildman–Crippen LogP) is 5.62. The Balaban J connectivity index is 1.75. The van der Waals surface area contributed by atoms with Gasteiger partial charge in [-0.2, -0.15) is 0 Å². The number of hydrogen-bond acceptors (Lipinski definition) is 4. The zero-order valence-electron chi connectivity index (χ0n) is 19.4. The lowest BCUT2D eigenvalue weighted by molar-refractivity contribution is -0.140. The molecule has 1 atom stereocenters. The van der Waals surface area contributed by atoms with Crippen molar-refractivity contribution in [2.45, 2.75) is 26.4 Å². The maximum Gasteiger partial charge on any atom is 0.295 e. The molecule has 35 heavy (non-hydrogen) atoms.